The van der Waals surface area contributed by atoms with E-state index < -0.39 is 0 Å². The van der Waals surface area contributed by atoms with E-state index in [0.29, 0.717) is 17.2 Å². The third kappa shape index (κ3) is 3.10. The fourth-order valence-electron chi connectivity index (χ4n) is 1.39. The van der Waals surface area contributed by atoms with Gasteiger partial charge in [-0.1, -0.05) is 0 Å². The Morgan fingerprint density at radius 2 is 2.12 bits per heavy atom. The molecule has 4 heteroatoms. The maximum absolute atomic E-state index is 9.03. The lowest BCUT2D eigenvalue weighted by Crippen LogP contribution is -2.23. The minimum absolute atomic E-state index is 0.216. The molecule has 0 aromatic carbocycles. The molecule has 90 valence electrons. The first-order valence-corrected chi connectivity index (χ1v) is 5.74. The van der Waals surface area contributed by atoms with Gasteiger partial charge in [-0.2, -0.15) is 5.26 Å². The number of rotatable bonds is 3. The van der Waals surface area contributed by atoms with Crippen molar-refractivity contribution in [3.8, 4) is 17.6 Å². The van der Waals surface area contributed by atoms with Gasteiger partial charge in [0, 0.05) is 12.3 Å². The second kappa shape index (κ2) is 4.25. The van der Waals surface area contributed by atoms with Crippen LogP contribution in [0.3, 0.4) is 0 Å². The predicted molar refractivity (Wildman–Crippen MR) is 63.0 cm³/mol. The van der Waals surface area contributed by atoms with Gasteiger partial charge in [0.25, 0.3) is 0 Å². The Labute approximate surface area is 101 Å². The molecule has 1 fully saturated rings. The molecule has 1 saturated carbocycles. The summed E-state index contributed by atoms with van der Waals surface area (Å²) >= 11 is 0. The summed E-state index contributed by atoms with van der Waals surface area (Å²) in [5.74, 6) is 1.07. The third-order valence-corrected chi connectivity index (χ3v) is 2.20. The van der Waals surface area contributed by atoms with E-state index in [9.17, 15) is 0 Å². The molecule has 0 aliphatic heterocycles. The molecule has 1 aliphatic rings. The summed E-state index contributed by atoms with van der Waals surface area (Å²) < 4.78 is 11.5. The number of hydrogen-bond acceptors (Lipinski definition) is 4. The van der Waals surface area contributed by atoms with Gasteiger partial charge >= 0.3 is 0 Å². The molecule has 2 rings (SSSR count). The van der Waals surface area contributed by atoms with Crippen LogP contribution >= 0.6 is 0 Å². The third-order valence-electron chi connectivity index (χ3n) is 2.20. The number of aromatic nitrogens is 1. The van der Waals surface area contributed by atoms with Crippen LogP contribution in [0.15, 0.2) is 12.3 Å². The van der Waals surface area contributed by atoms with Crippen LogP contribution in [0.25, 0.3) is 0 Å². The van der Waals surface area contributed by atoms with Gasteiger partial charge in [-0.15, -0.1) is 0 Å². The highest BCUT2D eigenvalue weighted by molar-refractivity contribution is 5.48. The fraction of sp³-hybridized carbons (Fsp3) is 0.538. The average molecular weight is 232 g/mol. The molecule has 1 heterocycles. The zero-order chi connectivity index (χ0) is 12.5. The zero-order valence-corrected chi connectivity index (χ0v) is 10.4. The topological polar surface area (TPSA) is 55.1 Å². The largest absolute Gasteiger partial charge is 0.484 e. The minimum atomic E-state index is -0.324. The van der Waals surface area contributed by atoms with Gasteiger partial charge in [-0.3, -0.25) is 0 Å². The normalized spacial score (nSPS) is 15.2. The maximum Gasteiger partial charge on any atom is 0.198 e. The quantitative estimate of drug-likeness (QED) is 0.804. The van der Waals surface area contributed by atoms with Crippen LogP contribution in [0.4, 0.5) is 0 Å². The van der Waals surface area contributed by atoms with Crippen molar-refractivity contribution in [1.29, 1.82) is 5.26 Å². The molecule has 0 N–H and O–H groups in total. The monoisotopic (exact) mass is 232 g/mol. The van der Waals surface area contributed by atoms with E-state index in [-0.39, 0.29) is 11.7 Å². The fourth-order valence-corrected chi connectivity index (χ4v) is 1.39. The van der Waals surface area contributed by atoms with Crippen molar-refractivity contribution >= 4 is 0 Å². The molecule has 4 nitrogen and oxygen atoms in total. The molecule has 1 aromatic rings. The van der Waals surface area contributed by atoms with Crippen LogP contribution < -0.4 is 9.47 Å². The van der Waals surface area contributed by atoms with E-state index in [1.54, 1.807) is 12.3 Å². The van der Waals surface area contributed by atoms with E-state index in [2.05, 4.69) is 4.98 Å². The number of ether oxygens (including phenoxy) is 2. The molecule has 0 atom stereocenters. The first kappa shape index (κ1) is 11.7. The minimum Gasteiger partial charge on any atom is -0.484 e. The van der Waals surface area contributed by atoms with Crippen LogP contribution in [0.5, 0.6) is 11.5 Å². The van der Waals surface area contributed by atoms with E-state index in [1.165, 1.54) is 0 Å². The Kier molecular flexibility index (Phi) is 2.93. The molecule has 0 saturated heterocycles. The summed E-state index contributed by atoms with van der Waals surface area (Å²) in [5.41, 5.74) is -0.0333. The Morgan fingerprint density at radius 3 is 2.65 bits per heavy atom. The van der Waals surface area contributed by atoms with Crippen molar-refractivity contribution < 1.29 is 9.47 Å². The molecule has 1 aromatic heterocycles. The summed E-state index contributed by atoms with van der Waals surface area (Å²) in [5, 5.41) is 9.03. The molecule has 1 aliphatic carbocycles. The highest BCUT2D eigenvalue weighted by Gasteiger charge is 2.28. The predicted octanol–water partition coefficient (Wildman–Crippen LogP) is 2.67. The lowest BCUT2D eigenvalue weighted by Gasteiger charge is -2.23. The van der Waals surface area contributed by atoms with Crippen LogP contribution in [-0.4, -0.2) is 16.7 Å². The SMILES string of the molecule is CC(C)(C)Oc1ccnc(C#N)c1OC1CC1. The van der Waals surface area contributed by atoms with Crippen molar-refractivity contribution in [2.45, 2.75) is 45.3 Å². The highest BCUT2D eigenvalue weighted by atomic mass is 16.5. The smallest absolute Gasteiger partial charge is 0.198 e. The van der Waals surface area contributed by atoms with Crippen molar-refractivity contribution in [2.24, 2.45) is 0 Å². The summed E-state index contributed by atoms with van der Waals surface area (Å²) in [6.45, 7) is 5.88. The van der Waals surface area contributed by atoms with Crippen LogP contribution in [-0.2, 0) is 0 Å². The van der Waals surface area contributed by atoms with E-state index in [4.69, 9.17) is 14.7 Å². The molecular weight excluding hydrogens is 216 g/mol. The van der Waals surface area contributed by atoms with Gasteiger partial charge in [0.15, 0.2) is 17.2 Å². The number of pyridine rings is 1. The summed E-state index contributed by atoms with van der Waals surface area (Å²) in [6.07, 6.45) is 3.86. The lowest BCUT2D eigenvalue weighted by atomic mass is 10.2. The van der Waals surface area contributed by atoms with E-state index >= 15 is 0 Å². The summed E-state index contributed by atoms with van der Waals surface area (Å²) in [7, 11) is 0. The Morgan fingerprint density at radius 1 is 1.41 bits per heavy atom. The number of nitrogens with zero attached hydrogens (tertiary/aromatic N) is 2. The molecule has 0 unspecified atom stereocenters. The maximum atomic E-state index is 9.03. The molecule has 0 spiro atoms. The van der Waals surface area contributed by atoms with Gasteiger partial charge in [0.05, 0.1) is 6.10 Å². The van der Waals surface area contributed by atoms with Crippen molar-refractivity contribution in [3.05, 3.63) is 18.0 Å². The van der Waals surface area contributed by atoms with Crippen LogP contribution in [0, 0.1) is 11.3 Å². The number of hydrogen-bond donors (Lipinski definition) is 0. The Balaban J connectivity index is 2.32. The average Bonchev–Trinajstić information content (AvgIpc) is 3.02. The molecule has 0 bridgehead atoms. The lowest BCUT2D eigenvalue weighted by molar-refractivity contribution is 0.122. The molecular formula is C13H16N2O2. The van der Waals surface area contributed by atoms with Crippen LogP contribution in [0.1, 0.15) is 39.3 Å². The van der Waals surface area contributed by atoms with Crippen molar-refractivity contribution in [2.75, 3.05) is 0 Å². The molecule has 0 amide bonds. The summed E-state index contributed by atoms with van der Waals surface area (Å²) in [6, 6.07) is 3.78. The van der Waals surface area contributed by atoms with Crippen molar-refractivity contribution in [1.82, 2.24) is 4.98 Å². The van der Waals surface area contributed by atoms with Gasteiger partial charge < -0.3 is 9.47 Å². The highest BCUT2D eigenvalue weighted by Crippen LogP contribution is 2.36. The second-order valence-electron chi connectivity index (χ2n) is 5.13. The number of nitriles is 1. The molecule has 0 radical (unpaired) electrons. The second-order valence-corrected chi connectivity index (χ2v) is 5.13. The Hall–Kier alpha value is -1.76. The van der Waals surface area contributed by atoms with Gasteiger partial charge in [-0.25, -0.2) is 4.98 Å². The van der Waals surface area contributed by atoms with Crippen LogP contribution in [0.2, 0.25) is 0 Å². The first-order chi connectivity index (χ1) is 7.99. The van der Waals surface area contributed by atoms with Gasteiger partial charge in [0.2, 0.25) is 0 Å². The van der Waals surface area contributed by atoms with Gasteiger partial charge in [0.1, 0.15) is 11.7 Å². The molecule has 17 heavy (non-hydrogen) atoms. The summed E-state index contributed by atoms with van der Waals surface area (Å²) in [4.78, 5) is 4.00. The standard InChI is InChI=1S/C13H16N2O2/c1-13(2,3)17-11-6-7-15-10(8-14)12(11)16-9-4-5-9/h6-7,9H,4-5H2,1-3H3. The first-order valence-electron chi connectivity index (χ1n) is 5.74. The zero-order valence-electron chi connectivity index (χ0n) is 10.4. The van der Waals surface area contributed by atoms with E-state index in [0.717, 1.165) is 12.8 Å². The van der Waals surface area contributed by atoms with E-state index in [1.807, 2.05) is 26.8 Å². The van der Waals surface area contributed by atoms with Gasteiger partial charge in [-0.05, 0) is 33.6 Å². The van der Waals surface area contributed by atoms with Crippen molar-refractivity contribution in [3.63, 3.8) is 0 Å². The Bertz CT molecular complexity index is 453.